The van der Waals surface area contributed by atoms with Crippen LogP contribution in [-0.2, 0) is 4.79 Å². The number of benzene rings is 3. The van der Waals surface area contributed by atoms with Gasteiger partial charge < -0.3 is 5.32 Å². The minimum atomic E-state index is -0.343. The van der Waals surface area contributed by atoms with Crippen LogP contribution in [0.3, 0.4) is 0 Å². The highest BCUT2D eigenvalue weighted by molar-refractivity contribution is 6.21. The average molecular weight is 357 g/mol. The quantitative estimate of drug-likeness (QED) is 0.688. The first-order chi connectivity index (χ1) is 13.0. The Balaban J connectivity index is 2.19. The molecule has 1 N–H and O–H groups in total. The Morgan fingerprint density at radius 3 is 1.74 bits per heavy atom. The van der Waals surface area contributed by atoms with Gasteiger partial charge in [0.15, 0.2) is 11.6 Å². The number of hydrogen-bond donors (Lipinski definition) is 1. The molecule has 0 heterocycles. The molecule has 3 rings (SSSR count). The molecule has 0 bridgehead atoms. The number of rotatable bonds is 5. The summed E-state index contributed by atoms with van der Waals surface area (Å²) in [6, 6.07) is 21.0. The van der Waals surface area contributed by atoms with Crippen molar-refractivity contribution in [3.63, 3.8) is 0 Å². The zero-order valence-electron chi connectivity index (χ0n) is 15.2. The number of ketones is 2. The second kappa shape index (κ2) is 7.79. The minimum Gasteiger partial charge on any atom is -0.325 e. The van der Waals surface area contributed by atoms with Crippen LogP contribution in [0.2, 0.25) is 0 Å². The van der Waals surface area contributed by atoms with E-state index < -0.39 is 0 Å². The lowest BCUT2D eigenvalue weighted by Gasteiger charge is -2.16. The molecular weight excluding hydrogens is 338 g/mol. The predicted molar refractivity (Wildman–Crippen MR) is 105 cm³/mol. The van der Waals surface area contributed by atoms with Gasteiger partial charge in [-0.15, -0.1) is 0 Å². The normalized spacial score (nSPS) is 10.3. The Morgan fingerprint density at radius 1 is 0.704 bits per heavy atom. The van der Waals surface area contributed by atoms with Crippen molar-refractivity contribution < 1.29 is 14.4 Å². The van der Waals surface area contributed by atoms with E-state index >= 15 is 0 Å². The monoisotopic (exact) mass is 357 g/mol. The molecule has 0 aromatic heterocycles. The Hall–Kier alpha value is -3.53. The number of carbonyl (C=O) groups excluding carboxylic acids is 3. The van der Waals surface area contributed by atoms with Crippen molar-refractivity contribution >= 4 is 23.2 Å². The maximum absolute atomic E-state index is 13.1. The maximum Gasteiger partial charge on any atom is 0.221 e. The van der Waals surface area contributed by atoms with Crippen LogP contribution in [0.1, 0.15) is 44.3 Å². The summed E-state index contributed by atoms with van der Waals surface area (Å²) in [5.74, 6) is -0.828. The Morgan fingerprint density at radius 2 is 1.22 bits per heavy atom. The Labute approximate surface area is 157 Å². The van der Waals surface area contributed by atoms with E-state index in [0.29, 0.717) is 27.8 Å². The van der Waals surface area contributed by atoms with E-state index in [1.165, 1.54) is 6.92 Å². The van der Waals surface area contributed by atoms with Crippen LogP contribution in [0.4, 0.5) is 5.69 Å². The van der Waals surface area contributed by atoms with E-state index in [0.717, 1.165) is 0 Å². The van der Waals surface area contributed by atoms with Crippen molar-refractivity contribution in [3.05, 3.63) is 101 Å². The summed E-state index contributed by atoms with van der Waals surface area (Å²) in [5.41, 5.74) is 2.56. The lowest BCUT2D eigenvalue weighted by atomic mass is 9.91. The van der Waals surface area contributed by atoms with Gasteiger partial charge in [0.25, 0.3) is 0 Å². The molecule has 27 heavy (non-hydrogen) atoms. The van der Waals surface area contributed by atoms with E-state index in [1.807, 2.05) is 12.1 Å². The first-order valence-corrected chi connectivity index (χ1v) is 8.59. The summed E-state index contributed by atoms with van der Waals surface area (Å²) in [6.07, 6.45) is 0. The van der Waals surface area contributed by atoms with Crippen LogP contribution in [0.5, 0.6) is 0 Å². The van der Waals surface area contributed by atoms with Crippen molar-refractivity contribution in [2.75, 3.05) is 5.32 Å². The highest BCUT2D eigenvalue weighted by Gasteiger charge is 2.23. The van der Waals surface area contributed by atoms with Crippen molar-refractivity contribution in [3.8, 4) is 0 Å². The van der Waals surface area contributed by atoms with E-state index in [2.05, 4.69) is 5.32 Å². The van der Waals surface area contributed by atoms with Gasteiger partial charge in [-0.1, -0.05) is 66.7 Å². The summed E-state index contributed by atoms with van der Waals surface area (Å²) in [6.45, 7) is 3.15. The lowest BCUT2D eigenvalue weighted by molar-refractivity contribution is -0.114. The molecule has 3 aromatic rings. The molecule has 3 aromatic carbocycles. The molecule has 4 heteroatoms. The molecule has 0 saturated heterocycles. The summed E-state index contributed by atoms with van der Waals surface area (Å²) in [7, 11) is 0. The summed E-state index contributed by atoms with van der Waals surface area (Å²) in [4.78, 5) is 37.9. The molecule has 0 aliphatic rings. The lowest BCUT2D eigenvalue weighted by Crippen LogP contribution is -2.17. The van der Waals surface area contributed by atoms with Gasteiger partial charge in [0.05, 0.1) is 5.69 Å². The van der Waals surface area contributed by atoms with E-state index in [-0.39, 0.29) is 23.2 Å². The summed E-state index contributed by atoms with van der Waals surface area (Å²) < 4.78 is 0. The van der Waals surface area contributed by atoms with Crippen LogP contribution in [0, 0.1) is 6.92 Å². The van der Waals surface area contributed by atoms with Crippen LogP contribution < -0.4 is 5.32 Å². The molecule has 134 valence electrons. The molecular formula is C23H19NO3. The van der Waals surface area contributed by atoms with Crippen molar-refractivity contribution in [2.45, 2.75) is 13.8 Å². The van der Waals surface area contributed by atoms with Gasteiger partial charge in [0.2, 0.25) is 5.91 Å². The number of nitrogens with one attached hydrogen (secondary N) is 1. The fraction of sp³-hybridized carbons (Fsp3) is 0.0870. The predicted octanol–water partition coefficient (Wildman–Crippen LogP) is 4.42. The van der Waals surface area contributed by atoms with Gasteiger partial charge in [-0.3, -0.25) is 14.4 Å². The molecule has 0 saturated carbocycles. The molecule has 0 spiro atoms. The van der Waals surface area contributed by atoms with E-state index in [1.54, 1.807) is 67.6 Å². The average Bonchev–Trinajstić information content (AvgIpc) is 2.68. The standard InChI is InChI=1S/C23H19NO3/c1-15-13-14-19(22(26)17-9-5-3-6-10-17)21(24-16(2)25)20(15)23(27)18-11-7-4-8-12-18/h3-14H,1-2H3,(H,24,25). The van der Waals surface area contributed by atoms with Gasteiger partial charge in [0.1, 0.15) is 0 Å². The smallest absolute Gasteiger partial charge is 0.221 e. The van der Waals surface area contributed by atoms with Crippen molar-refractivity contribution in [1.29, 1.82) is 0 Å². The first kappa shape index (κ1) is 18.3. The molecule has 0 radical (unpaired) electrons. The minimum absolute atomic E-state index is 0.237. The highest BCUT2D eigenvalue weighted by atomic mass is 16.2. The van der Waals surface area contributed by atoms with Crippen molar-refractivity contribution in [1.82, 2.24) is 0 Å². The van der Waals surface area contributed by atoms with Crippen LogP contribution in [0.15, 0.2) is 72.8 Å². The van der Waals surface area contributed by atoms with Crippen molar-refractivity contribution in [2.24, 2.45) is 0 Å². The first-order valence-electron chi connectivity index (χ1n) is 8.59. The molecule has 0 atom stereocenters. The number of aryl methyl sites for hydroxylation is 1. The number of hydrogen-bond acceptors (Lipinski definition) is 3. The largest absolute Gasteiger partial charge is 0.325 e. The van der Waals surface area contributed by atoms with E-state index in [9.17, 15) is 14.4 Å². The third kappa shape index (κ3) is 3.85. The molecule has 0 fully saturated rings. The zero-order valence-corrected chi connectivity index (χ0v) is 15.2. The van der Waals surface area contributed by atoms with Gasteiger partial charge in [-0.05, 0) is 18.6 Å². The van der Waals surface area contributed by atoms with E-state index in [4.69, 9.17) is 0 Å². The number of carbonyl (C=O) groups is 3. The second-order valence-electron chi connectivity index (χ2n) is 6.25. The fourth-order valence-corrected chi connectivity index (χ4v) is 2.97. The SMILES string of the molecule is CC(=O)Nc1c(C(=O)c2ccccc2)ccc(C)c1C(=O)c1ccccc1. The Bertz CT molecular complexity index is 1010. The topological polar surface area (TPSA) is 63.2 Å². The fourth-order valence-electron chi connectivity index (χ4n) is 2.97. The number of anilines is 1. The van der Waals surface area contributed by atoms with Crippen LogP contribution in [-0.4, -0.2) is 17.5 Å². The zero-order chi connectivity index (χ0) is 19.4. The van der Waals surface area contributed by atoms with Gasteiger partial charge in [-0.25, -0.2) is 0 Å². The molecule has 0 aliphatic heterocycles. The van der Waals surface area contributed by atoms with Gasteiger partial charge in [-0.2, -0.15) is 0 Å². The van der Waals surface area contributed by atoms with Crippen LogP contribution >= 0.6 is 0 Å². The molecule has 4 nitrogen and oxygen atoms in total. The number of amides is 1. The Kier molecular flexibility index (Phi) is 5.27. The highest BCUT2D eigenvalue weighted by Crippen LogP contribution is 2.29. The molecule has 1 amide bonds. The van der Waals surface area contributed by atoms with Gasteiger partial charge in [0, 0.05) is 29.2 Å². The second-order valence-corrected chi connectivity index (χ2v) is 6.25. The van der Waals surface area contributed by atoms with Gasteiger partial charge >= 0.3 is 0 Å². The third-order valence-corrected chi connectivity index (χ3v) is 4.26. The molecule has 0 unspecified atom stereocenters. The third-order valence-electron chi connectivity index (χ3n) is 4.26. The van der Waals surface area contributed by atoms with Crippen LogP contribution in [0.25, 0.3) is 0 Å². The molecule has 0 aliphatic carbocycles. The summed E-state index contributed by atoms with van der Waals surface area (Å²) >= 11 is 0. The summed E-state index contributed by atoms with van der Waals surface area (Å²) in [5, 5.41) is 2.70. The maximum atomic E-state index is 13.1.